The third-order valence-electron chi connectivity index (χ3n) is 4.55. The summed E-state index contributed by atoms with van der Waals surface area (Å²) in [4.78, 5) is 29.1. The van der Waals surface area contributed by atoms with Crippen molar-refractivity contribution < 1.29 is 4.92 Å². The van der Waals surface area contributed by atoms with Crippen molar-refractivity contribution in [2.45, 2.75) is 0 Å². The number of fused-ring (bicyclic) bond motifs is 1. The fourth-order valence-electron chi connectivity index (χ4n) is 3.14. The first-order chi connectivity index (χ1) is 14.8. The van der Waals surface area contributed by atoms with Crippen molar-refractivity contribution in [3.8, 4) is 5.69 Å². The van der Waals surface area contributed by atoms with E-state index in [4.69, 9.17) is 0 Å². The van der Waals surface area contributed by atoms with Crippen molar-refractivity contribution in [3.63, 3.8) is 0 Å². The highest BCUT2D eigenvalue weighted by Gasteiger charge is 2.15. The molecule has 4 rings (SSSR count). The molecule has 0 radical (unpaired) electrons. The average Bonchev–Trinajstić information content (AvgIpc) is 2.75. The van der Waals surface area contributed by atoms with Crippen LogP contribution in [0.15, 0.2) is 74.4 Å². The molecule has 0 unspecified atom stereocenters. The number of hydrogen-bond donors (Lipinski definition) is 0. The monoisotopic (exact) mass is 651 g/mol. The van der Waals surface area contributed by atoms with E-state index in [9.17, 15) is 14.9 Å². The Hall–Kier alpha value is -2.37. The molecule has 3 aromatic carbocycles. The third-order valence-corrected chi connectivity index (χ3v) is 6.39. The first-order valence-electron chi connectivity index (χ1n) is 8.94. The van der Waals surface area contributed by atoms with E-state index in [1.807, 2.05) is 24.3 Å². The maximum atomic E-state index is 13.5. The number of aromatic nitrogens is 2. The molecule has 31 heavy (non-hydrogen) atoms. The van der Waals surface area contributed by atoms with Crippen molar-refractivity contribution in [3.05, 3.63) is 105 Å². The lowest BCUT2D eigenvalue weighted by molar-refractivity contribution is -0.385. The second-order valence-electron chi connectivity index (χ2n) is 6.52. The fourth-order valence-corrected chi connectivity index (χ4v) is 4.40. The summed E-state index contributed by atoms with van der Waals surface area (Å²) in [6, 6.07) is 17.4. The topological polar surface area (TPSA) is 78.0 Å². The Balaban J connectivity index is 2.01. The number of rotatable bonds is 4. The Bertz CT molecular complexity index is 1430. The predicted octanol–water partition coefficient (Wildman–Crippen LogP) is 6.59. The molecule has 1 aromatic heterocycles. The van der Waals surface area contributed by atoms with Crippen LogP contribution in [0.2, 0.25) is 0 Å². The number of benzene rings is 3. The summed E-state index contributed by atoms with van der Waals surface area (Å²) in [5.41, 5.74) is 1.32. The van der Waals surface area contributed by atoms with Crippen LogP contribution in [0.1, 0.15) is 11.4 Å². The maximum absolute atomic E-state index is 13.5. The highest BCUT2D eigenvalue weighted by Crippen LogP contribution is 2.27. The molecule has 154 valence electrons. The van der Waals surface area contributed by atoms with E-state index >= 15 is 0 Å². The van der Waals surface area contributed by atoms with Crippen molar-refractivity contribution >= 4 is 83.2 Å². The Labute approximate surface area is 207 Å². The largest absolute Gasteiger partial charge is 0.276 e. The number of nitro benzene ring substituents is 1. The van der Waals surface area contributed by atoms with Crippen molar-refractivity contribution in [1.82, 2.24) is 9.55 Å². The predicted molar refractivity (Wildman–Crippen MR) is 137 cm³/mol. The molecule has 0 amide bonds. The van der Waals surface area contributed by atoms with E-state index in [1.165, 1.54) is 10.6 Å². The lowest BCUT2D eigenvalue weighted by Crippen LogP contribution is -2.22. The summed E-state index contributed by atoms with van der Waals surface area (Å²) >= 11 is 9.13. The number of para-hydroxylation sites is 1. The fraction of sp³-hybridized carbons (Fsp3) is 0. The summed E-state index contributed by atoms with van der Waals surface area (Å²) in [5, 5.41) is 11.8. The quantitative estimate of drug-likeness (QED) is 0.142. The smallest absolute Gasteiger partial charge is 0.268 e. The molecular weight excluding hydrogens is 641 g/mol. The molecule has 6 nitrogen and oxygen atoms in total. The minimum absolute atomic E-state index is 0.0216. The van der Waals surface area contributed by atoms with Gasteiger partial charge in [0.05, 0.1) is 27.1 Å². The Kier molecular flexibility index (Phi) is 6.35. The summed E-state index contributed by atoms with van der Waals surface area (Å²) in [6.45, 7) is 0. The van der Waals surface area contributed by atoms with Crippen LogP contribution >= 0.6 is 54.5 Å². The van der Waals surface area contributed by atoms with Crippen LogP contribution in [-0.2, 0) is 0 Å². The molecule has 0 saturated carbocycles. The summed E-state index contributed by atoms with van der Waals surface area (Å²) in [5.74, 6) is 0.357. The van der Waals surface area contributed by atoms with Gasteiger partial charge in [0.1, 0.15) is 5.82 Å². The zero-order valence-electron chi connectivity index (χ0n) is 15.6. The second-order valence-corrected chi connectivity index (χ2v) is 9.53. The van der Waals surface area contributed by atoms with Gasteiger partial charge in [0, 0.05) is 18.6 Å². The van der Waals surface area contributed by atoms with Gasteiger partial charge in [0.2, 0.25) is 0 Å². The lowest BCUT2D eigenvalue weighted by atomic mass is 10.1. The Morgan fingerprint density at radius 3 is 2.58 bits per heavy atom. The van der Waals surface area contributed by atoms with Gasteiger partial charge in [-0.15, -0.1) is 0 Å². The van der Waals surface area contributed by atoms with Gasteiger partial charge >= 0.3 is 0 Å². The number of halogens is 3. The zero-order chi connectivity index (χ0) is 22.1. The van der Waals surface area contributed by atoms with Crippen molar-refractivity contribution in [2.24, 2.45) is 0 Å². The molecular formula is C22H12Br2IN3O3. The molecule has 0 N–H and O–H groups in total. The molecule has 0 spiro atoms. The minimum atomic E-state index is -0.437. The Morgan fingerprint density at radius 2 is 1.81 bits per heavy atom. The molecule has 0 aliphatic rings. The first-order valence-corrected chi connectivity index (χ1v) is 11.6. The average molecular weight is 653 g/mol. The van der Waals surface area contributed by atoms with Gasteiger partial charge in [-0.1, -0.05) is 28.1 Å². The van der Waals surface area contributed by atoms with Crippen LogP contribution in [0, 0.1) is 13.7 Å². The molecule has 9 heteroatoms. The molecule has 0 aliphatic carbocycles. The molecule has 1 heterocycles. The SMILES string of the molecule is O=c1c2cc(I)ccc2nc(/C=C/c2ccccc2[N+](=O)[O-])n1-c1cc(Br)ccc1Br. The van der Waals surface area contributed by atoms with Gasteiger partial charge in [-0.2, -0.15) is 0 Å². The normalized spacial score (nSPS) is 11.3. The molecule has 0 saturated heterocycles. The standard InChI is InChI=1S/C22H12Br2IN3O3/c23-14-6-8-17(24)20(11-14)27-21(10-5-13-3-1-2-4-19(13)28(30)31)26-18-9-7-15(25)12-16(18)22(27)29/h1-12H/b10-5+. The molecule has 0 fully saturated rings. The second kappa shape index (κ2) is 9.01. The highest BCUT2D eigenvalue weighted by molar-refractivity contribution is 14.1. The van der Waals surface area contributed by atoms with Crippen LogP contribution in [0.3, 0.4) is 0 Å². The molecule has 0 atom stereocenters. The molecule has 4 aromatic rings. The molecule has 0 bridgehead atoms. The van der Waals surface area contributed by atoms with Gasteiger partial charge in [0.25, 0.3) is 11.2 Å². The van der Waals surface area contributed by atoms with Crippen molar-refractivity contribution in [1.29, 1.82) is 0 Å². The van der Waals surface area contributed by atoms with E-state index in [0.29, 0.717) is 32.5 Å². The van der Waals surface area contributed by atoms with Gasteiger partial charge in [-0.25, -0.2) is 4.98 Å². The third kappa shape index (κ3) is 4.48. The zero-order valence-corrected chi connectivity index (χ0v) is 21.0. The van der Waals surface area contributed by atoms with Crippen LogP contribution < -0.4 is 5.56 Å². The van der Waals surface area contributed by atoms with Crippen LogP contribution in [-0.4, -0.2) is 14.5 Å². The van der Waals surface area contributed by atoms with Gasteiger partial charge in [-0.3, -0.25) is 19.5 Å². The lowest BCUT2D eigenvalue weighted by Gasteiger charge is -2.13. The first kappa shape index (κ1) is 21.8. The summed E-state index contributed by atoms with van der Waals surface area (Å²) < 4.78 is 3.93. The minimum Gasteiger partial charge on any atom is -0.268 e. The number of nitrogens with zero attached hydrogens (tertiary/aromatic N) is 3. The van der Waals surface area contributed by atoms with Gasteiger partial charge < -0.3 is 0 Å². The van der Waals surface area contributed by atoms with E-state index in [0.717, 1.165) is 8.04 Å². The van der Waals surface area contributed by atoms with Crippen LogP contribution in [0.4, 0.5) is 5.69 Å². The van der Waals surface area contributed by atoms with Gasteiger partial charge in [0.15, 0.2) is 0 Å². The van der Waals surface area contributed by atoms with E-state index in [-0.39, 0.29) is 11.2 Å². The highest BCUT2D eigenvalue weighted by atomic mass is 127. The van der Waals surface area contributed by atoms with Crippen LogP contribution in [0.25, 0.3) is 28.7 Å². The van der Waals surface area contributed by atoms with E-state index in [2.05, 4.69) is 59.4 Å². The Morgan fingerprint density at radius 1 is 1.03 bits per heavy atom. The van der Waals surface area contributed by atoms with Crippen molar-refractivity contribution in [2.75, 3.05) is 0 Å². The molecule has 0 aliphatic heterocycles. The summed E-state index contributed by atoms with van der Waals surface area (Å²) in [6.07, 6.45) is 3.22. The number of nitro groups is 1. The maximum Gasteiger partial charge on any atom is 0.276 e. The van der Waals surface area contributed by atoms with E-state index < -0.39 is 4.92 Å². The van der Waals surface area contributed by atoms with Crippen LogP contribution in [0.5, 0.6) is 0 Å². The summed E-state index contributed by atoms with van der Waals surface area (Å²) in [7, 11) is 0. The number of hydrogen-bond acceptors (Lipinski definition) is 4. The van der Waals surface area contributed by atoms with E-state index in [1.54, 1.807) is 42.5 Å². The van der Waals surface area contributed by atoms with Gasteiger partial charge in [-0.05, 0) is 93.1 Å².